The van der Waals surface area contributed by atoms with E-state index in [0.717, 1.165) is 29.4 Å². The Morgan fingerprint density at radius 3 is 2.86 bits per heavy atom. The molecule has 0 radical (unpaired) electrons. The van der Waals surface area contributed by atoms with Crippen LogP contribution in [0.3, 0.4) is 0 Å². The lowest BCUT2D eigenvalue weighted by atomic mass is 10.1. The number of nitrogens with zero attached hydrogens (tertiary/aromatic N) is 1. The molecule has 6 heteroatoms. The number of benzene rings is 1. The summed E-state index contributed by atoms with van der Waals surface area (Å²) in [5, 5.41) is 9.19. The Hall–Kier alpha value is -2.08. The molecule has 1 amide bonds. The van der Waals surface area contributed by atoms with Crippen molar-refractivity contribution in [3.8, 4) is 0 Å². The summed E-state index contributed by atoms with van der Waals surface area (Å²) < 4.78 is 0. The number of hydrogen-bond donors (Lipinski definition) is 3. The van der Waals surface area contributed by atoms with Crippen LogP contribution in [0.2, 0.25) is 0 Å². The summed E-state index contributed by atoms with van der Waals surface area (Å²) in [6.07, 6.45) is 0.857. The molecule has 5 nitrogen and oxygen atoms in total. The van der Waals surface area contributed by atoms with Gasteiger partial charge in [0, 0.05) is 36.1 Å². The Bertz CT molecular complexity index is 624. The number of nitrogens with one attached hydrogen (secondary N) is 2. The Balaban J connectivity index is 1.93. The van der Waals surface area contributed by atoms with Crippen LogP contribution in [0.25, 0.3) is 0 Å². The summed E-state index contributed by atoms with van der Waals surface area (Å²) >= 11 is 1.67. The number of aromatic nitrogens is 1. The van der Waals surface area contributed by atoms with Crippen LogP contribution < -0.4 is 16.4 Å². The van der Waals surface area contributed by atoms with Gasteiger partial charge in [-0.05, 0) is 32.0 Å². The van der Waals surface area contributed by atoms with Crippen molar-refractivity contribution >= 4 is 28.6 Å². The van der Waals surface area contributed by atoms with E-state index in [1.807, 2.05) is 25.3 Å². The van der Waals surface area contributed by atoms with Crippen LogP contribution in [0.5, 0.6) is 0 Å². The van der Waals surface area contributed by atoms with Gasteiger partial charge in [0.1, 0.15) is 0 Å². The van der Waals surface area contributed by atoms with E-state index < -0.39 is 0 Å². The molecule has 1 heterocycles. The van der Waals surface area contributed by atoms with Gasteiger partial charge in [0.2, 0.25) is 0 Å². The normalized spacial score (nSPS) is 10.4. The summed E-state index contributed by atoms with van der Waals surface area (Å²) in [6, 6.07) is 5.31. The quantitative estimate of drug-likeness (QED) is 0.716. The number of aryl methyl sites for hydroxylation is 1. The fraction of sp³-hybridized carbons (Fsp3) is 0.333. The van der Waals surface area contributed by atoms with Gasteiger partial charge in [-0.1, -0.05) is 0 Å². The van der Waals surface area contributed by atoms with Crippen molar-refractivity contribution in [2.45, 2.75) is 20.3 Å². The number of thiazole rings is 1. The summed E-state index contributed by atoms with van der Waals surface area (Å²) in [5.41, 5.74) is 9.04. The molecule has 0 aliphatic rings. The Morgan fingerprint density at radius 2 is 2.24 bits per heavy atom. The standard InChI is InChI=1S/C15H20N4OS/c1-3-17-15(20)11-4-5-13(12(16)8-11)18-7-6-14-19-10(2)9-21-14/h4-5,8-9,18H,3,6-7,16H2,1-2H3,(H,17,20). The lowest BCUT2D eigenvalue weighted by Gasteiger charge is -2.10. The third-order valence-corrected chi connectivity index (χ3v) is 4.00. The van der Waals surface area contributed by atoms with Gasteiger partial charge >= 0.3 is 0 Å². The van der Waals surface area contributed by atoms with E-state index in [0.29, 0.717) is 17.8 Å². The predicted octanol–water partition coefficient (Wildman–Crippen LogP) is 2.44. The number of amides is 1. The first-order valence-electron chi connectivity index (χ1n) is 6.92. The fourth-order valence-electron chi connectivity index (χ4n) is 1.95. The summed E-state index contributed by atoms with van der Waals surface area (Å²) in [6.45, 7) is 5.24. The van der Waals surface area contributed by atoms with Crippen molar-refractivity contribution in [3.05, 3.63) is 39.8 Å². The fourth-order valence-corrected chi connectivity index (χ4v) is 2.73. The van der Waals surface area contributed by atoms with E-state index in [-0.39, 0.29) is 5.91 Å². The van der Waals surface area contributed by atoms with Gasteiger partial charge in [0.25, 0.3) is 5.91 Å². The first kappa shape index (κ1) is 15.3. The van der Waals surface area contributed by atoms with Crippen molar-refractivity contribution < 1.29 is 4.79 Å². The molecule has 2 rings (SSSR count). The summed E-state index contributed by atoms with van der Waals surface area (Å²) in [7, 11) is 0. The molecule has 0 saturated carbocycles. The zero-order valence-electron chi connectivity index (χ0n) is 12.3. The van der Waals surface area contributed by atoms with E-state index in [1.165, 1.54) is 0 Å². The van der Waals surface area contributed by atoms with Crippen LogP contribution in [-0.4, -0.2) is 24.0 Å². The van der Waals surface area contributed by atoms with Crippen molar-refractivity contribution in [3.63, 3.8) is 0 Å². The minimum atomic E-state index is -0.103. The average molecular weight is 304 g/mol. The zero-order valence-corrected chi connectivity index (χ0v) is 13.1. The van der Waals surface area contributed by atoms with Gasteiger partial charge in [-0.25, -0.2) is 4.98 Å². The van der Waals surface area contributed by atoms with Gasteiger partial charge in [-0.2, -0.15) is 0 Å². The van der Waals surface area contributed by atoms with Crippen molar-refractivity contribution in [1.82, 2.24) is 10.3 Å². The molecule has 0 aliphatic heterocycles. The van der Waals surface area contributed by atoms with Gasteiger partial charge < -0.3 is 16.4 Å². The summed E-state index contributed by atoms with van der Waals surface area (Å²) in [4.78, 5) is 16.1. The lowest BCUT2D eigenvalue weighted by Crippen LogP contribution is -2.22. The molecule has 0 bridgehead atoms. The maximum Gasteiger partial charge on any atom is 0.251 e. The molecule has 0 unspecified atom stereocenters. The van der Waals surface area contributed by atoms with E-state index in [9.17, 15) is 4.79 Å². The molecule has 2 aromatic rings. The minimum absolute atomic E-state index is 0.103. The number of carbonyl (C=O) groups is 1. The molecule has 4 N–H and O–H groups in total. The molecular formula is C15H20N4OS. The van der Waals surface area contributed by atoms with Crippen LogP contribution in [0.15, 0.2) is 23.6 Å². The molecule has 0 spiro atoms. The van der Waals surface area contributed by atoms with Gasteiger partial charge in [-0.3, -0.25) is 4.79 Å². The molecule has 0 atom stereocenters. The van der Waals surface area contributed by atoms with E-state index in [1.54, 1.807) is 23.5 Å². The van der Waals surface area contributed by atoms with Crippen LogP contribution >= 0.6 is 11.3 Å². The topological polar surface area (TPSA) is 80.0 Å². The average Bonchev–Trinajstić information content (AvgIpc) is 2.86. The monoisotopic (exact) mass is 304 g/mol. The van der Waals surface area contributed by atoms with E-state index >= 15 is 0 Å². The largest absolute Gasteiger partial charge is 0.397 e. The number of hydrogen-bond acceptors (Lipinski definition) is 5. The number of carbonyl (C=O) groups excluding carboxylic acids is 1. The second kappa shape index (κ2) is 7.08. The predicted molar refractivity (Wildman–Crippen MR) is 87.9 cm³/mol. The lowest BCUT2D eigenvalue weighted by molar-refractivity contribution is 0.0956. The molecule has 21 heavy (non-hydrogen) atoms. The van der Waals surface area contributed by atoms with Crippen molar-refractivity contribution in [1.29, 1.82) is 0 Å². The Kier molecular flexibility index (Phi) is 5.16. The summed E-state index contributed by atoms with van der Waals surface area (Å²) in [5.74, 6) is -0.103. The van der Waals surface area contributed by atoms with E-state index in [4.69, 9.17) is 5.73 Å². The highest BCUT2D eigenvalue weighted by Crippen LogP contribution is 2.20. The third kappa shape index (κ3) is 4.19. The highest BCUT2D eigenvalue weighted by molar-refractivity contribution is 7.09. The van der Waals surface area contributed by atoms with Gasteiger partial charge in [0.15, 0.2) is 0 Å². The second-order valence-corrected chi connectivity index (χ2v) is 5.66. The zero-order chi connectivity index (χ0) is 15.2. The highest BCUT2D eigenvalue weighted by atomic mass is 32.1. The van der Waals surface area contributed by atoms with E-state index in [2.05, 4.69) is 15.6 Å². The molecule has 0 aliphatic carbocycles. The SMILES string of the molecule is CCNC(=O)c1ccc(NCCc2nc(C)cs2)c(N)c1. The Labute approximate surface area is 128 Å². The van der Waals surface area contributed by atoms with Crippen molar-refractivity contribution in [2.24, 2.45) is 0 Å². The third-order valence-electron chi connectivity index (χ3n) is 2.97. The first-order valence-corrected chi connectivity index (χ1v) is 7.80. The number of rotatable bonds is 6. The second-order valence-electron chi connectivity index (χ2n) is 4.72. The molecule has 1 aromatic heterocycles. The smallest absolute Gasteiger partial charge is 0.251 e. The molecule has 1 aromatic carbocycles. The van der Waals surface area contributed by atoms with Crippen LogP contribution in [0, 0.1) is 6.92 Å². The van der Waals surface area contributed by atoms with Gasteiger partial charge in [-0.15, -0.1) is 11.3 Å². The minimum Gasteiger partial charge on any atom is -0.397 e. The van der Waals surface area contributed by atoms with Crippen LogP contribution in [0.1, 0.15) is 28.0 Å². The molecular weight excluding hydrogens is 284 g/mol. The highest BCUT2D eigenvalue weighted by Gasteiger charge is 2.07. The van der Waals surface area contributed by atoms with Crippen molar-refractivity contribution in [2.75, 3.05) is 24.1 Å². The molecule has 112 valence electrons. The number of nitrogens with two attached hydrogens (primary N) is 1. The maximum atomic E-state index is 11.7. The first-order chi connectivity index (χ1) is 10.1. The Morgan fingerprint density at radius 1 is 1.43 bits per heavy atom. The number of nitrogen functional groups attached to an aromatic ring is 1. The molecule has 0 fully saturated rings. The van der Waals surface area contributed by atoms with Crippen LogP contribution in [0.4, 0.5) is 11.4 Å². The number of anilines is 2. The maximum absolute atomic E-state index is 11.7. The van der Waals surface area contributed by atoms with Gasteiger partial charge in [0.05, 0.1) is 16.4 Å². The van der Waals surface area contributed by atoms with Crippen LogP contribution in [-0.2, 0) is 6.42 Å². The molecule has 0 saturated heterocycles.